The number of sulfonamides is 1. The predicted molar refractivity (Wildman–Crippen MR) is 145 cm³/mol. The second-order valence-corrected chi connectivity index (χ2v) is 11.9. The van der Waals surface area contributed by atoms with Gasteiger partial charge < -0.3 is 10.2 Å². The molecule has 1 N–H and O–H groups in total. The number of nitrogens with one attached hydrogen (secondary N) is 1. The van der Waals surface area contributed by atoms with Gasteiger partial charge >= 0.3 is 0 Å². The fourth-order valence-electron chi connectivity index (χ4n) is 4.70. The fourth-order valence-corrected chi connectivity index (χ4v) is 5.77. The van der Waals surface area contributed by atoms with E-state index < -0.39 is 28.5 Å². The number of halogens is 1. The summed E-state index contributed by atoms with van der Waals surface area (Å²) in [4.78, 5) is 28.7. The molecule has 0 heterocycles. The molecule has 0 aliphatic heterocycles. The van der Waals surface area contributed by atoms with Crippen LogP contribution in [0.2, 0.25) is 5.02 Å². The third-order valence-corrected chi connectivity index (χ3v) is 8.17. The Hall–Kier alpha value is -2.58. The van der Waals surface area contributed by atoms with E-state index in [1.165, 1.54) is 4.90 Å². The number of hydrogen-bond donors (Lipinski definition) is 1. The number of nitrogens with zero attached hydrogens (tertiary/aromatic N) is 2. The summed E-state index contributed by atoms with van der Waals surface area (Å²) in [5.41, 5.74) is 2.92. The van der Waals surface area contributed by atoms with Crippen molar-refractivity contribution in [3.05, 3.63) is 64.2 Å². The number of amides is 2. The largest absolute Gasteiger partial charge is 0.352 e. The van der Waals surface area contributed by atoms with Crippen molar-refractivity contribution in [1.82, 2.24) is 10.2 Å². The van der Waals surface area contributed by atoms with Gasteiger partial charge in [-0.3, -0.25) is 13.9 Å². The molecule has 36 heavy (non-hydrogen) atoms. The van der Waals surface area contributed by atoms with Crippen LogP contribution in [0.25, 0.3) is 0 Å². The smallest absolute Gasteiger partial charge is 0.244 e. The first-order chi connectivity index (χ1) is 17.0. The summed E-state index contributed by atoms with van der Waals surface area (Å²) in [6.07, 6.45) is 5.50. The summed E-state index contributed by atoms with van der Waals surface area (Å²) in [6, 6.07) is 12.0. The van der Waals surface area contributed by atoms with E-state index in [0.717, 1.165) is 47.4 Å². The van der Waals surface area contributed by atoms with Crippen molar-refractivity contribution in [3.63, 3.8) is 0 Å². The van der Waals surface area contributed by atoms with Gasteiger partial charge in [-0.1, -0.05) is 61.7 Å². The Bertz CT molecular complexity index is 1200. The summed E-state index contributed by atoms with van der Waals surface area (Å²) in [7, 11) is -3.81. The number of anilines is 1. The summed E-state index contributed by atoms with van der Waals surface area (Å²) in [6.45, 7) is 5.36. The lowest BCUT2D eigenvalue weighted by atomic mass is 10.1. The normalized spacial score (nSPS) is 14.9. The number of benzene rings is 2. The van der Waals surface area contributed by atoms with Gasteiger partial charge in [-0.25, -0.2) is 8.42 Å². The molecule has 7 nitrogen and oxygen atoms in total. The molecule has 0 saturated heterocycles. The maximum atomic E-state index is 13.8. The Labute approximate surface area is 219 Å². The first-order valence-corrected chi connectivity index (χ1v) is 14.6. The maximum Gasteiger partial charge on any atom is 0.244 e. The molecule has 2 aromatic carbocycles. The molecule has 0 bridgehead atoms. The molecule has 1 unspecified atom stereocenters. The fraction of sp³-hybridized carbons (Fsp3) is 0.481. The average Bonchev–Trinajstić information content (AvgIpc) is 3.32. The Kier molecular flexibility index (Phi) is 9.41. The molecular formula is C27H36ClN3O4S. The summed E-state index contributed by atoms with van der Waals surface area (Å²) >= 11 is 6.16. The lowest BCUT2D eigenvalue weighted by Gasteiger charge is -2.34. The molecule has 1 fully saturated rings. The Morgan fingerprint density at radius 2 is 1.75 bits per heavy atom. The topological polar surface area (TPSA) is 86.8 Å². The number of hydrogen-bond acceptors (Lipinski definition) is 4. The molecule has 2 amide bonds. The van der Waals surface area contributed by atoms with Crippen molar-refractivity contribution in [2.75, 3.05) is 17.1 Å². The minimum atomic E-state index is -3.81. The number of aryl methyl sites for hydroxylation is 2. The molecule has 0 radical (unpaired) electrons. The molecule has 1 saturated carbocycles. The quantitative estimate of drug-likeness (QED) is 0.484. The summed E-state index contributed by atoms with van der Waals surface area (Å²) in [5, 5.41) is 3.49. The van der Waals surface area contributed by atoms with Gasteiger partial charge in [0.05, 0.1) is 11.9 Å². The molecule has 9 heteroatoms. The first kappa shape index (κ1) is 28.0. The van der Waals surface area contributed by atoms with Crippen LogP contribution in [0.1, 0.15) is 55.7 Å². The highest BCUT2D eigenvalue weighted by Crippen LogP contribution is 2.27. The number of carbonyl (C=O) groups is 2. The second-order valence-electron chi connectivity index (χ2n) is 9.56. The Morgan fingerprint density at radius 1 is 1.08 bits per heavy atom. The van der Waals surface area contributed by atoms with Gasteiger partial charge in [0.1, 0.15) is 12.6 Å². The van der Waals surface area contributed by atoms with Gasteiger partial charge in [-0.15, -0.1) is 0 Å². The number of rotatable bonds is 10. The molecular weight excluding hydrogens is 498 g/mol. The van der Waals surface area contributed by atoms with E-state index in [1.54, 1.807) is 25.1 Å². The lowest BCUT2D eigenvalue weighted by molar-refractivity contribution is -0.140. The molecule has 0 spiro atoms. The SMILES string of the molecule is CCC(C(=O)NC1CCCC1)N(Cc1ccccc1C)C(=O)CN(c1cc(Cl)ccc1C)S(C)(=O)=O. The van der Waals surface area contributed by atoms with Crippen LogP contribution < -0.4 is 9.62 Å². The van der Waals surface area contributed by atoms with Crippen LogP contribution >= 0.6 is 11.6 Å². The van der Waals surface area contributed by atoms with E-state index in [1.807, 2.05) is 38.1 Å². The molecule has 0 aromatic heterocycles. The van der Waals surface area contributed by atoms with Crippen LogP contribution in [0.5, 0.6) is 0 Å². The van der Waals surface area contributed by atoms with Gasteiger partial charge in [0.25, 0.3) is 0 Å². The highest BCUT2D eigenvalue weighted by Gasteiger charge is 2.33. The van der Waals surface area contributed by atoms with Crippen LogP contribution in [-0.2, 0) is 26.2 Å². The van der Waals surface area contributed by atoms with Crippen molar-refractivity contribution in [2.45, 2.75) is 71.5 Å². The van der Waals surface area contributed by atoms with E-state index in [2.05, 4.69) is 5.32 Å². The maximum absolute atomic E-state index is 13.8. The third kappa shape index (κ3) is 7.01. The standard InChI is InChI=1S/C27H36ClN3O4S/c1-5-24(27(33)29-23-12-8-9-13-23)30(17-21-11-7-6-10-19(21)2)26(32)18-31(36(4,34)35)25-16-22(28)15-14-20(25)3/h6-7,10-11,14-16,23-24H,5,8-9,12-13,17-18H2,1-4H3,(H,29,33). The highest BCUT2D eigenvalue weighted by atomic mass is 35.5. The average molecular weight is 534 g/mol. The van der Waals surface area contributed by atoms with E-state index in [9.17, 15) is 18.0 Å². The van der Waals surface area contributed by atoms with Crippen molar-refractivity contribution in [1.29, 1.82) is 0 Å². The van der Waals surface area contributed by atoms with Crippen LogP contribution in [0.4, 0.5) is 5.69 Å². The van der Waals surface area contributed by atoms with Gasteiger partial charge in [0.2, 0.25) is 21.8 Å². The summed E-state index contributed by atoms with van der Waals surface area (Å²) < 4.78 is 26.7. The molecule has 1 aliphatic carbocycles. The number of carbonyl (C=O) groups excluding carboxylic acids is 2. The first-order valence-electron chi connectivity index (χ1n) is 12.4. The van der Waals surface area contributed by atoms with Crippen molar-refractivity contribution in [3.8, 4) is 0 Å². The zero-order valence-electron chi connectivity index (χ0n) is 21.5. The predicted octanol–water partition coefficient (Wildman–Crippen LogP) is 4.59. The van der Waals surface area contributed by atoms with Gasteiger partial charge in [0.15, 0.2) is 0 Å². The van der Waals surface area contributed by atoms with Gasteiger partial charge in [-0.2, -0.15) is 0 Å². The monoisotopic (exact) mass is 533 g/mol. The zero-order chi connectivity index (χ0) is 26.5. The Morgan fingerprint density at radius 3 is 2.36 bits per heavy atom. The van der Waals surface area contributed by atoms with E-state index >= 15 is 0 Å². The van der Waals surface area contributed by atoms with E-state index in [0.29, 0.717) is 22.7 Å². The van der Waals surface area contributed by atoms with Crippen LogP contribution in [0, 0.1) is 13.8 Å². The molecule has 1 aliphatic rings. The van der Waals surface area contributed by atoms with Gasteiger partial charge in [-0.05, 0) is 61.9 Å². The minimum absolute atomic E-state index is 0.114. The lowest BCUT2D eigenvalue weighted by Crippen LogP contribution is -2.53. The zero-order valence-corrected chi connectivity index (χ0v) is 23.0. The minimum Gasteiger partial charge on any atom is -0.352 e. The summed E-state index contributed by atoms with van der Waals surface area (Å²) in [5.74, 6) is -0.646. The Balaban J connectivity index is 1.96. The third-order valence-electron chi connectivity index (χ3n) is 6.81. The van der Waals surface area contributed by atoms with Crippen molar-refractivity contribution < 1.29 is 18.0 Å². The molecule has 3 rings (SSSR count). The van der Waals surface area contributed by atoms with E-state index in [4.69, 9.17) is 11.6 Å². The molecule has 196 valence electrons. The van der Waals surface area contributed by atoms with Crippen LogP contribution in [-0.4, -0.2) is 50.0 Å². The second kappa shape index (κ2) is 12.1. The van der Waals surface area contributed by atoms with E-state index in [-0.39, 0.29) is 18.5 Å². The van der Waals surface area contributed by atoms with Crippen molar-refractivity contribution in [2.24, 2.45) is 0 Å². The molecule has 1 atom stereocenters. The van der Waals surface area contributed by atoms with Crippen LogP contribution in [0.3, 0.4) is 0 Å². The van der Waals surface area contributed by atoms with Crippen LogP contribution in [0.15, 0.2) is 42.5 Å². The molecule has 2 aromatic rings. The van der Waals surface area contributed by atoms with Crippen molar-refractivity contribution >= 4 is 39.1 Å². The highest BCUT2D eigenvalue weighted by molar-refractivity contribution is 7.92. The van der Waals surface area contributed by atoms with Gasteiger partial charge in [0, 0.05) is 17.6 Å².